The van der Waals surface area contributed by atoms with Gasteiger partial charge in [0.05, 0.1) is 12.7 Å². The summed E-state index contributed by atoms with van der Waals surface area (Å²) in [6.45, 7) is 2.76. The number of oxazole rings is 1. The van der Waals surface area contributed by atoms with E-state index in [9.17, 15) is 0 Å². The largest absolute Gasteiger partial charge is 0.444 e. The van der Waals surface area contributed by atoms with Gasteiger partial charge in [-0.15, -0.1) is 0 Å². The first kappa shape index (κ1) is 9.68. The van der Waals surface area contributed by atoms with Gasteiger partial charge in [-0.3, -0.25) is 0 Å². The number of hydrogen-bond donors (Lipinski definition) is 1. The number of likely N-dealkylation sites (tertiary alicyclic amines) is 1. The molecule has 0 amide bonds. The van der Waals surface area contributed by atoms with Gasteiger partial charge in [-0.1, -0.05) is 0 Å². The zero-order valence-electron chi connectivity index (χ0n) is 8.57. The van der Waals surface area contributed by atoms with Crippen molar-refractivity contribution in [2.75, 3.05) is 20.1 Å². The molecule has 78 valence electrons. The minimum absolute atomic E-state index is 0.393. The van der Waals surface area contributed by atoms with Crippen molar-refractivity contribution in [1.29, 1.82) is 0 Å². The number of aromatic nitrogens is 1. The van der Waals surface area contributed by atoms with Crippen LogP contribution in [0.2, 0.25) is 0 Å². The lowest BCUT2D eigenvalue weighted by molar-refractivity contribution is 0.377. The van der Waals surface area contributed by atoms with Crippen LogP contribution < -0.4 is 5.73 Å². The number of hydrogen-bond acceptors (Lipinski definition) is 4. The molecule has 14 heavy (non-hydrogen) atoms. The van der Waals surface area contributed by atoms with Crippen LogP contribution in [-0.4, -0.2) is 30.0 Å². The third-order valence-corrected chi connectivity index (χ3v) is 2.75. The first-order valence-corrected chi connectivity index (χ1v) is 5.10. The third-order valence-electron chi connectivity index (χ3n) is 2.75. The van der Waals surface area contributed by atoms with E-state index in [-0.39, 0.29) is 0 Å². The highest BCUT2D eigenvalue weighted by Gasteiger charge is 2.20. The Morgan fingerprint density at radius 3 is 3.14 bits per heavy atom. The topological polar surface area (TPSA) is 55.3 Å². The Balaban J connectivity index is 1.90. The summed E-state index contributed by atoms with van der Waals surface area (Å²) in [5.74, 6) is 2.34. The van der Waals surface area contributed by atoms with E-state index in [1.807, 2.05) is 0 Å². The molecule has 2 heterocycles. The quantitative estimate of drug-likeness (QED) is 0.768. The van der Waals surface area contributed by atoms with Crippen LogP contribution in [0.4, 0.5) is 0 Å². The van der Waals surface area contributed by atoms with Crippen molar-refractivity contribution in [2.24, 2.45) is 11.7 Å². The second kappa shape index (κ2) is 4.11. The van der Waals surface area contributed by atoms with Crippen molar-refractivity contribution in [2.45, 2.75) is 19.4 Å². The van der Waals surface area contributed by atoms with Gasteiger partial charge in [0.25, 0.3) is 0 Å². The van der Waals surface area contributed by atoms with E-state index >= 15 is 0 Å². The smallest absolute Gasteiger partial charge is 0.208 e. The second-order valence-electron chi connectivity index (χ2n) is 4.05. The summed E-state index contributed by atoms with van der Waals surface area (Å²) < 4.78 is 5.48. The van der Waals surface area contributed by atoms with Gasteiger partial charge in [-0.05, 0) is 25.9 Å². The maximum absolute atomic E-state index is 5.48. The molecule has 4 nitrogen and oxygen atoms in total. The molecule has 0 bridgehead atoms. The van der Waals surface area contributed by atoms with Crippen LogP contribution in [0.3, 0.4) is 0 Å². The molecule has 1 aliphatic rings. The summed E-state index contributed by atoms with van der Waals surface area (Å²) in [6.07, 6.45) is 4.06. The fourth-order valence-corrected chi connectivity index (χ4v) is 2.01. The molecule has 2 N–H and O–H groups in total. The molecule has 1 aromatic heterocycles. The minimum atomic E-state index is 0.393. The second-order valence-corrected chi connectivity index (χ2v) is 4.05. The fourth-order valence-electron chi connectivity index (χ4n) is 2.01. The van der Waals surface area contributed by atoms with Crippen molar-refractivity contribution in [1.82, 2.24) is 9.88 Å². The minimum Gasteiger partial charge on any atom is -0.444 e. The summed E-state index contributed by atoms with van der Waals surface area (Å²) in [4.78, 5) is 6.44. The van der Waals surface area contributed by atoms with Gasteiger partial charge in [-0.2, -0.15) is 0 Å². The molecule has 1 saturated heterocycles. The lowest BCUT2D eigenvalue weighted by Gasteiger charge is -2.07. The maximum Gasteiger partial charge on any atom is 0.208 e. The summed E-state index contributed by atoms with van der Waals surface area (Å²) in [5.41, 5.74) is 5.43. The Kier molecular flexibility index (Phi) is 2.84. The Morgan fingerprint density at radius 1 is 1.71 bits per heavy atom. The molecule has 1 fully saturated rings. The highest BCUT2D eigenvalue weighted by Crippen LogP contribution is 2.19. The van der Waals surface area contributed by atoms with Crippen molar-refractivity contribution in [3.8, 4) is 0 Å². The first-order chi connectivity index (χ1) is 6.78. The van der Waals surface area contributed by atoms with E-state index in [0.29, 0.717) is 12.4 Å². The SMILES string of the molecule is CN1CCC(Cc2cnc(CN)o2)C1. The molecule has 1 aromatic rings. The summed E-state index contributed by atoms with van der Waals surface area (Å²) >= 11 is 0. The number of nitrogens with two attached hydrogens (primary N) is 1. The van der Waals surface area contributed by atoms with Crippen LogP contribution in [0.1, 0.15) is 18.1 Å². The molecule has 0 saturated carbocycles. The van der Waals surface area contributed by atoms with Gasteiger partial charge in [0, 0.05) is 13.0 Å². The van der Waals surface area contributed by atoms with E-state index in [0.717, 1.165) is 18.1 Å². The molecule has 1 atom stereocenters. The monoisotopic (exact) mass is 195 g/mol. The first-order valence-electron chi connectivity index (χ1n) is 5.10. The van der Waals surface area contributed by atoms with Gasteiger partial charge in [0.15, 0.2) is 0 Å². The molecule has 1 aliphatic heterocycles. The molecule has 2 rings (SSSR count). The van der Waals surface area contributed by atoms with Crippen LogP contribution in [0.15, 0.2) is 10.6 Å². The molecular formula is C10H17N3O. The average Bonchev–Trinajstić information content (AvgIpc) is 2.76. The van der Waals surface area contributed by atoms with Gasteiger partial charge < -0.3 is 15.1 Å². The lowest BCUT2D eigenvalue weighted by atomic mass is 10.0. The van der Waals surface area contributed by atoms with Crippen LogP contribution in [0.5, 0.6) is 0 Å². The Labute approximate surface area is 84.1 Å². The molecule has 0 radical (unpaired) electrons. The Hall–Kier alpha value is -0.870. The summed E-state index contributed by atoms with van der Waals surface area (Å²) in [5, 5.41) is 0. The fraction of sp³-hybridized carbons (Fsp3) is 0.700. The number of nitrogens with zero attached hydrogens (tertiary/aromatic N) is 2. The molecule has 0 aliphatic carbocycles. The van der Waals surface area contributed by atoms with E-state index in [1.165, 1.54) is 19.5 Å². The molecular weight excluding hydrogens is 178 g/mol. The van der Waals surface area contributed by atoms with Crippen molar-refractivity contribution in [3.05, 3.63) is 17.8 Å². The van der Waals surface area contributed by atoms with Crippen LogP contribution in [-0.2, 0) is 13.0 Å². The molecule has 0 spiro atoms. The molecule has 1 unspecified atom stereocenters. The van der Waals surface area contributed by atoms with E-state index in [4.69, 9.17) is 10.2 Å². The number of rotatable bonds is 3. The van der Waals surface area contributed by atoms with Crippen molar-refractivity contribution < 1.29 is 4.42 Å². The van der Waals surface area contributed by atoms with Gasteiger partial charge in [0.1, 0.15) is 5.76 Å². The molecule has 4 heteroatoms. The standard InChI is InChI=1S/C10H17N3O/c1-13-3-2-8(7-13)4-9-6-12-10(5-11)14-9/h6,8H,2-5,7,11H2,1H3. The highest BCUT2D eigenvalue weighted by atomic mass is 16.4. The summed E-state index contributed by atoms with van der Waals surface area (Å²) in [6, 6.07) is 0. The zero-order chi connectivity index (χ0) is 9.97. The van der Waals surface area contributed by atoms with E-state index < -0.39 is 0 Å². The van der Waals surface area contributed by atoms with Crippen molar-refractivity contribution in [3.63, 3.8) is 0 Å². The van der Waals surface area contributed by atoms with Gasteiger partial charge in [-0.25, -0.2) is 4.98 Å². The average molecular weight is 195 g/mol. The van der Waals surface area contributed by atoms with Crippen molar-refractivity contribution >= 4 is 0 Å². The molecule has 0 aromatic carbocycles. The Bertz CT molecular complexity index is 297. The Morgan fingerprint density at radius 2 is 2.57 bits per heavy atom. The van der Waals surface area contributed by atoms with Gasteiger partial charge in [0.2, 0.25) is 5.89 Å². The predicted molar refractivity (Wildman–Crippen MR) is 53.7 cm³/mol. The van der Waals surface area contributed by atoms with E-state index in [2.05, 4.69) is 16.9 Å². The maximum atomic E-state index is 5.48. The van der Waals surface area contributed by atoms with Gasteiger partial charge >= 0.3 is 0 Å². The normalized spacial score (nSPS) is 23.1. The van der Waals surface area contributed by atoms with Crippen LogP contribution in [0.25, 0.3) is 0 Å². The third kappa shape index (κ3) is 2.13. The predicted octanol–water partition coefficient (Wildman–Crippen LogP) is 0.628. The highest BCUT2D eigenvalue weighted by molar-refractivity contribution is 4.96. The van der Waals surface area contributed by atoms with Crippen LogP contribution >= 0.6 is 0 Å². The van der Waals surface area contributed by atoms with E-state index in [1.54, 1.807) is 6.20 Å². The van der Waals surface area contributed by atoms with Crippen LogP contribution in [0, 0.1) is 5.92 Å². The summed E-state index contributed by atoms with van der Waals surface area (Å²) in [7, 11) is 2.16. The zero-order valence-corrected chi connectivity index (χ0v) is 8.57. The lowest BCUT2D eigenvalue weighted by Crippen LogP contribution is -2.14.